The van der Waals surface area contributed by atoms with E-state index in [9.17, 15) is 0 Å². The lowest BCUT2D eigenvalue weighted by atomic mass is 9.89. The summed E-state index contributed by atoms with van der Waals surface area (Å²) in [5, 5.41) is 0. The summed E-state index contributed by atoms with van der Waals surface area (Å²) in [5.74, 6) is 0.834. The SMILES string of the molecule is c1ccc(CN(Cc2ccccn2)CC2CCCCC2)nc1. The highest BCUT2D eigenvalue weighted by Crippen LogP contribution is 2.25. The van der Waals surface area contributed by atoms with Crippen LogP contribution in [-0.2, 0) is 13.1 Å². The summed E-state index contributed by atoms with van der Waals surface area (Å²) < 4.78 is 0. The first-order valence-electron chi connectivity index (χ1n) is 8.42. The maximum atomic E-state index is 4.49. The molecule has 0 unspecified atom stereocenters. The molecule has 0 aromatic carbocycles. The molecule has 2 heterocycles. The summed E-state index contributed by atoms with van der Waals surface area (Å²) in [5.41, 5.74) is 2.29. The van der Waals surface area contributed by atoms with Crippen LogP contribution >= 0.6 is 0 Å². The van der Waals surface area contributed by atoms with Gasteiger partial charge < -0.3 is 0 Å². The van der Waals surface area contributed by atoms with Gasteiger partial charge in [0.1, 0.15) is 0 Å². The first kappa shape index (κ1) is 15.2. The van der Waals surface area contributed by atoms with Gasteiger partial charge in [0.25, 0.3) is 0 Å². The number of pyridine rings is 2. The van der Waals surface area contributed by atoms with Gasteiger partial charge in [-0.3, -0.25) is 14.9 Å². The highest BCUT2D eigenvalue weighted by atomic mass is 15.1. The highest BCUT2D eigenvalue weighted by molar-refractivity contribution is 5.06. The van der Waals surface area contributed by atoms with Crippen molar-refractivity contribution in [3.63, 3.8) is 0 Å². The second-order valence-electron chi connectivity index (χ2n) is 6.32. The average molecular weight is 295 g/mol. The number of rotatable bonds is 6. The van der Waals surface area contributed by atoms with E-state index in [1.807, 2.05) is 24.5 Å². The summed E-state index contributed by atoms with van der Waals surface area (Å²) in [4.78, 5) is 11.5. The van der Waals surface area contributed by atoms with Crippen LogP contribution in [0.2, 0.25) is 0 Å². The monoisotopic (exact) mass is 295 g/mol. The van der Waals surface area contributed by atoms with Crippen LogP contribution in [0.5, 0.6) is 0 Å². The van der Waals surface area contributed by atoms with Gasteiger partial charge in [0, 0.05) is 32.0 Å². The minimum absolute atomic E-state index is 0.834. The Morgan fingerprint density at radius 1 is 0.818 bits per heavy atom. The van der Waals surface area contributed by atoms with Gasteiger partial charge in [0.15, 0.2) is 0 Å². The van der Waals surface area contributed by atoms with Crippen molar-refractivity contribution in [3.05, 3.63) is 60.2 Å². The van der Waals surface area contributed by atoms with Crippen molar-refractivity contribution in [2.45, 2.75) is 45.2 Å². The first-order chi connectivity index (χ1) is 10.9. The van der Waals surface area contributed by atoms with E-state index >= 15 is 0 Å². The predicted molar refractivity (Wildman–Crippen MR) is 89.2 cm³/mol. The van der Waals surface area contributed by atoms with Crippen molar-refractivity contribution in [2.75, 3.05) is 6.54 Å². The largest absolute Gasteiger partial charge is 0.291 e. The van der Waals surface area contributed by atoms with E-state index in [0.29, 0.717) is 0 Å². The first-order valence-corrected chi connectivity index (χ1v) is 8.42. The van der Waals surface area contributed by atoms with Crippen molar-refractivity contribution in [1.29, 1.82) is 0 Å². The fraction of sp³-hybridized carbons (Fsp3) is 0.474. The molecule has 3 nitrogen and oxygen atoms in total. The second kappa shape index (κ2) is 8.04. The molecule has 3 heteroatoms. The molecule has 1 fully saturated rings. The summed E-state index contributed by atoms with van der Waals surface area (Å²) in [6, 6.07) is 12.3. The quantitative estimate of drug-likeness (QED) is 0.804. The molecular weight excluding hydrogens is 270 g/mol. The van der Waals surface area contributed by atoms with Gasteiger partial charge in [-0.15, -0.1) is 0 Å². The maximum absolute atomic E-state index is 4.49. The highest BCUT2D eigenvalue weighted by Gasteiger charge is 2.18. The van der Waals surface area contributed by atoms with Crippen LogP contribution in [0.25, 0.3) is 0 Å². The van der Waals surface area contributed by atoms with Crippen LogP contribution in [0.4, 0.5) is 0 Å². The summed E-state index contributed by atoms with van der Waals surface area (Å²) in [6.45, 7) is 2.98. The molecule has 0 radical (unpaired) electrons. The Morgan fingerprint density at radius 3 is 1.91 bits per heavy atom. The van der Waals surface area contributed by atoms with E-state index < -0.39 is 0 Å². The number of aromatic nitrogens is 2. The lowest BCUT2D eigenvalue weighted by molar-refractivity contribution is 0.183. The zero-order chi connectivity index (χ0) is 15.0. The Kier molecular flexibility index (Phi) is 5.54. The Morgan fingerprint density at radius 2 is 1.41 bits per heavy atom. The molecule has 1 aliphatic rings. The van der Waals surface area contributed by atoms with Gasteiger partial charge in [0.05, 0.1) is 11.4 Å². The molecule has 116 valence electrons. The van der Waals surface area contributed by atoms with Gasteiger partial charge in [0.2, 0.25) is 0 Å². The van der Waals surface area contributed by atoms with Crippen molar-refractivity contribution < 1.29 is 0 Å². The number of hydrogen-bond donors (Lipinski definition) is 0. The third-order valence-electron chi connectivity index (χ3n) is 4.46. The smallest absolute Gasteiger partial charge is 0.0544 e. The van der Waals surface area contributed by atoms with Crippen LogP contribution in [-0.4, -0.2) is 21.4 Å². The molecule has 1 saturated carbocycles. The molecular formula is C19H25N3. The Hall–Kier alpha value is -1.74. The van der Waals surface area contributed by atoms with Gasteiger partial charge in [-0.2, -0.15) is 0 Å². The van der Waals surface area contributed by atoms with Gasteiger partial charge in [-0.25, -0.2) is 0 Å². The fourth-order valence-corrected chi connectivity index (χ4v) is 3.36. The minimum Gasteiger partial charge on any atom is -0.291 e. The van der Waals surface area contributed by atoms with E-state index in [-0.39, 0.29) is 0 Å². The molecule has 0 bridgehead atoms. The van der Waals surface area contributed by atoms with E-state index in [1.54, 1.807) is 0 Å². The third-order valence-corrected chi connectivity index (χ3v) is 4.46. The molecule has 2 aromatic rings. The molecule has 22 heavy (non-hydrogen) atoms. The molecule has 0 atom stereocenters. The standard InChI is InChI=1S/C19H25N3/c1-2-8-17(9-3-1)14-22(15-18-10-4-6-12-20-18)16-19-11-5-7-13-21-19/h4-7,10-13,17H,1-3,8-9,14-16H2. The lowest BCUT2D eigenvalue weighted by Crippen LogP contribution is -2.30. The van der Waals surface area contributed by atoms with Crippen LogP contribution in [0, 0.1) is 5.92 Å². The molecule has 2 aromatic heterocycles. The van der Waals surface area contributed by atoms with Crippen molar-refractivity contribution in [3.8, 4) is 0 Å². The van der Waals surface area contributed by atoms with Crippen LogP contribution in [0.3, 0.4) is 0 Å². The number of hydrogen-bond acceptors (Lipinski definition) is 3. The zero-order valence-electron chi connectivity index (χ0n) is 13.2. The number of nitrogens with zero attached hydrogens (tertiary/aromatic N) is 3. The normalized spacial score (nSPS) is 16.0. The van der Waals surface area contributed by atoms with Gasteiger partial charge >= 0.3 is 0 Å². The van der Waals surface area contributed by atoms with Crippen molar-refractivity contribution in [1.82, 2.24) is 14.9 Å². The average Bonchev–Trinajstić information content (AvgIpc) is 2.57. The van der Waals surface area contributed by atoms with E-state index in [4.69, 9.17) is 0 Å². The second-order valence-corrected chi connectivity index (χ2v) is 6.32. The lowest BCUT2D eigenvalue weighted by Gasteiger charge is -2.29. The maximum Gasteiger partial charge on any atom is 0.0544 e. The van der Waals surface area contributed by atoms with Crippen LogP contribution in [0.15, 0.2) is 48.8 Å². The topological polar surface area (TPSA) is 29.0 Å². The van der Waals surface area contributed by atoms with Gasteiger partial charge in [-0.1, -0.05) is 31.4 Å². The molecule has 0 spiro atoms. The van der Waals surface area contributed by atoms with Crippen molar-refractivity contribution in [2.24, 2.45) is 5.92 Å². The molecule has 0 aliphatic heterocycles. The van der Waals surface area contributed by atoms with E-state index in [1.165, 1.54) is 32.1 Å². The Balaban J connectivity index is 1.66. The molecule has 1 aliphatic carbocycles. The third kappa shape index (κ3) is 4.63. The van der Waals surface area contributed by atoms with Crippen LogP contribution < -0.4 is 0 Å². The van der Waals surface area contributed by atoms with Crippen molar-refractivity contribution >= 4 is 0 Å². The zero-order valence-corrected chi connectivity index (χ0v) is 13.2. The summed E-state index contributed by atoms with van der Waals surface area (Å²) in [7, 11) is 0. The fourth-order valence-electron chi connectivity index (χ4n) is 3.36. The van der Waals surface area contributed by atoms with Gasteiger partial charge in [-0.05, 0) is 43.0 Å². The predicted octanol–water partition coefficient (Wildman–Crippen LogP) is 4.06. The molecule has 3 rings (SSSR count). The molecule has 0 N–H and O–H groups in total. The van der Waals surface area contributed by atoms with E-state index in [0.717, 1.165) is 36.9 Å². The summed E-state index contributed by atoms with van der Waals surface area (Å²) in [6.07, 6.45) is 10.7. The minimum atomic E-state index is 0.834. The van der Waals surface area contributed by atoms with Crippen LogP contribution in [0.1, 0.15) is 43.5 Å². The Labute approximate surface area is 133 Å². The summed E-state index contributed by atoms with van der Waals surface area (Å²) >= 11 is 0. The molecule has 0 amide bonds. The Bertz CT molecular complexity index is 494. The molecule has 0 saturated heterocycles. The van der Waals surface area contributed by atoms with E-state index in [2.05, 4.69) is 39.1 Å².